The van der Waals surface area contributed by atoms with Crippen LogP contribution in [0.25, 0.3) is 33.8 Å². The van der Waals surface area contributed by atoms with Crippen LogP contribution in [-0.2, 0) is 76.3 Å². The first-order valence-electron chi connectivity index (χ1n) is 22.0. The topological polar surface area (TPSA) is 245 Å². The number of benzene rings is 2. The summed E-state index contributed by atoms with van der Waals surface area (Å²) in [7, 11) is 3.76. The lowest BCUT2D eigenvalue weighted by molar-refractivity contribution is 0.356. The second-order valence-electron chi connectivity index (χ2n) is 15.7. The SMILES string of the molecule is C=CF.Cc1cc(-c2cnc(NCc3c(F)ccc4c3CCO4)n3cc(CN)nc23)n(C)n1.Cc1cc(-c2cnc(NCc3c(F)ccc4c3CCO4)n3cc(CNCCF)nc23)n(C)n1.O=S=O.O=S=O. The minimum absolute atomic E-state index is 0.250. The van der Waals surface area contributed by atoms with Crippen LogP contribution in [0.4, 0.5) is 29.5 Å². The molecule has 8 aromatic rings. The molecule has 10 rings (SSSR count). The van der Waals surface area contributed by atoms with Crippen molar-refractivity contribution in [2.45, 2.75) is 52.9 Å². The number of nitrogens with two attached hydrogens (primary N) is 1. The number of fused-ring (bicyclic) bond motifs is 4. The fraction of sp³-hybridized carbons (Fsp3) is 0.304. The molecule has 0 bridgehead atoms. The first-order chi connectivity index (χ1) is 34.8. The Balaban J connectivity index is 0.000000203. The molecule has 2 aliphatic rings. The van der Waals surface area contributed by atoms with E-state index in [0.717, 1.165) is 73.6 Å². The molecular formula is C46H50F4N14O6S2. The van der Waals surface area contributed by atoms with Crippen molar-refractivity contribution in [1.82, 2.24) is 53.6 Å². The van der Waals surface area contributed by atoms with Gasteiger partial charge in [-0.1, -0.05) is 6.58 Å². The number of aryl methyl sites for hydroxylation is 4. The van der Waals surface area contributed by atoms with E-state index in [-0.39, 0.29) is 31.1 Å². The van der Waals surface area contributed by atoms with E-state index in [9.17, 15) is 17.6 Å². The summed E-state index contributed by atoms with van der Waals surface area (Å²) >= 11 is -1.50. The quantitative estimate of drug-likeness (QED) is 0.0820. The molecule has 0 spiro atoms. The highest BCUT2D eigenvalue weighted by Crippen LogP contribution is 2.33. The molecule has 2 aromatic carbocycles. The van der Waals surface area contributed by atoms with Gasteiger partial charge in [0.05, 0.1) is 64.8 Å². The molecule has 8 heterocycles. The molecular weight excluding hydrogens is 985 g/mol. The Hall–Kier alpha value is -7.68. The number of rotatable bonds is 13. The van der Waals surface area contributed by atoms with Gasteiger partial charge in [0.1, 0.15) is 29.8 Å². The second-order valence-corrected chi connectivity index (χ2v) is 16.0. The van der Waals surface area contributed by atoms with Gasteiger partial charge in [-0.3, -0.25) is 18.2 Å². The van der Waals surface area contributed by atoms with E-state index in [2.05, 4.69) is 47.7 Å². The fourth-order valence-electron chi connectivity index (χ4n) is 8.21. The van der Waals surface area contributed by atoms with E-state index >= 15 is 0 Å². The maximum absolute atomic E-state index is 14.6. The Kier molecular flexibility index (Phi) is 19.0. The molecule has 0 saturated carbocycles. The summed E-state index contributed by atoms with van der Waals surface area (Å²) in [5.41, 5.74) is 17.0. The van der Waals surface area contributed by atoms with Crippen molar-refractivity contribution in [1.29, 1.82) is 0 Å². The largest absolute Gasteiger partial charge is 0.493 e. The number of alkyl halides is 1. The zero-order valence-corrected chi connectivity index (χ0v) is 41.1. The van der Waals surface area contributed by atoms with Gasteiger partial charge in [-0.15, -0.1) is 0 Å². The van der Waals surface area contributed by atoms with E-state index < -0.39 is 29.8 Å². The van der Waals surface area contributed by atoms with E-state index in [1.54, 1.807) is 33.9 Å². The van der Waals surface area contributed by atoms with Gasteiger partial charge in [0.15, 0.2) is 11.3 Å². The maximum atomic E-state index is 14.6. The summed E-state index contributed by atoms with van der Waals surface area (Å²) in [5, 5.41) is 18.4. The van der Waals surface area contributed by atoms with Crippen LogP contribution in [0.5, 0.6) is 11.5 Å². The lowest BCUT2D eigenvalue weighted by Gasteiger charge is -2.13. The van der Waals surface area contributed by atoms with Crippen molar-refractivity contribution in [2.75, 3.05) is 37.1 Å². The highest BCUT2D eigenvalue weighted by atomic mass is 32.1. The van der Waals surface area contributed by atoms with Crippen LogP contribution in [0.1, 0.15) is 45.0 Å². The first-order valence-corrected chi connectivity index (χ1v) is 23.3. The molecule has 20 nitrogen and oxygen atoms in total. The predicted octanol–water partition coefficient (Wildman–Crippen LogP) is 5.53. The average Bonchev–Trinajstić information content (AvgIpc) is 4.23. The molecule has 5 N–H and O–H groups in total. The number of halogens is 4. The third kappa shape index (κ3) is 12.4. The summed E-state index contributed by atoms with van der Waals surface area (Å²) in [5.74, 6) is 2.06. The summed E-state index contributed by atoms with van der Waals surface area (Å²) in [6, 6.07) is 10.2. The monoisotopic (exact) mass is 1030 g/mol. The van der Waals surface area contributed by atoms with Gasteiger partial charge in [0.25, 0.3) is 0 Å². The predicted molar refractivity (Wildman–Crippen MR) is 260 cm³/mol. The normalized spacial score (nSPS) is 11.8. The third-order valence-electron chi connectivity index (χ3n) is 11.2. The third-order valence-corrected chi connectivity index (χ3v) is 11.2. The van der Waals surface area contributed by atoms with Crippen molar-refractivity contribution in [2.24, 2.45) is 19.8 Å². The average molecular weight is 1040 g/mol. The van der Waals surface area contributed by atoms with Gasteiger partial charge < -0.3 is 31.2 Å². The van der Waals surface area contributed by atoms with Gasteiger partial charge in [0, 0.05) is 107 Å². The van der Waals surface area contributed by atoms with Crippen molar-refractivity contribution in [3.8, 4) is 34.0 Å². The number of anilines is 2. The number of hydrogen-bond acceptors (Lipinski definition) is 16. The summed E-state index contributed by atoms with van der Waals surface area (Å²) in [6.07, 6.45) is 8.85. The molecule has 0 radical (unpaired) electrons. The Morgan fingerprint density at radius 3 is 1.57 bits per heavy atom. The minimum Gasteiger partial charge on any atom is -0.493 e. The van der Waals surface area contributed by atoms with Crippen LogP contribution in [0.3, 0.4) is 0 Å². The number of hydrogen-bond donors (Lipinski definition) is 4. The van der Waals surface area contributed by atoms with Crippen molar-refractivity contribution < 1.29 is 43.9 Å². The lowest BCUT2D eigenvalue weighted by atomic mass is 10.0. The van der Waals surface area contributed by atoms with Gasteiger partial charge in [0.2, 0.25) is 11.9 Å². The number of nitrogens with one attached hydrogen (secondary N) is 3. The minimum atomic E-state index is -0.750. The van der Waals surface area contributed by atoms with Crippen LogP contribution in [0, 0.1) is 25.5 Å². The van der Waals surface area contributed by atoms with Crippen molar-refractivity contribution >= 4 is 46.3 Å². The Morgan fingerprint density at radius 2 is 1.17 bits per heavy atom. The van der Waals surface area contributed by atoms with Crippen LogP contribution in [0.15, 0.2) is 74.1 Å². The summed E-state index contributed by atoms with van der Waals surface area (Å²) in [4.78, 5) is 18.7. The van der Waals surface area contributed by atoms with Gasteiger partial charge >= 0.3 is 23.1 Å². The number of nitrogens with zero attached hydrogens (tertiary/aromatic N) is 10. The molecule has 6 aromatic heterocycles. The van der Waals surface area contributed by atoms with Gasteiger partial charge in [-0.05, 0) is 50.2 Å². The summed E-state index contributed by atoms with van der Waals surface area (Å²) < 4.78 is 103. The number of imidazole rings is 2. The molecule has 2 aliphatic heterocycles. The van der Waals surface area contributed by atoms with Crippen molar-refractivity contribution in [3.63, 3.8) is 0 Å². The van der Waals surface area contributed by atoms with E-state index in [1.165, 1.54) is 12.1 Å². The molecule has 0 aliphatic carbocycles. The van der Waals surface area contributed by atoms with Crippen LogP contribution in [0.2, 0.25) is 0 Å². The molecule has 0 saturated heterocycles. The Bertz CT molecular complexity index is 3250. The highest BCUT2D eigenvalue weighted by Gasteiger charge is 2.23. The highest BCUT2D eigenvalue weighted by molar-refractivity contribution is 7.51. The fourth-order valence-corrected chi connectivity index (χ4v) is 8.21. The van der Waals surface area contributed by atoms with Gasteiger partial charge in [-0.25, -0.2) is 37.5 Å². The van der Waals surface area contributed by atoms with E-state index in [0.29, 0.717) is 74.4 Å². The number of aromatic nitrogens is 10. The number of ether oxygens (including phenoxy) is 2. The van der Waals surface area contributed by atoms with E-state index in [1.807, 2.05) is 61.3 Å². The van der Waals surface area contributed by atoms with Crippen LogP contribution < -0.4 is 31.2 Å². The molecule has 0 amide bonds. The molecule has 26 heteroatoms. The standard InChI is InChI=1S/C23H25F2N7O.C21H22FN7O.C2H3F.2O2S/c1-14-9-20(31(2)30-14)18-12-28-23(32-13-15(29-22(18)32)10-26-7-6-24)27-11-17-16-5-8-33-21(16)4-3-19(17)25;1-12-7-18(28(2)27-12)16-10-25-21(29-11-13(8-23)26-20(16)29)24-9-15-14-5-6-30-19(14)4-3-17(15)22;1-2-3;2*1-3-2/h3-4,9,12-13,26H,5-8,10-11H2,1-2H3,(H,27,28);3-4,7,10-11H,5-6,8-9,23H2,1-2H3,(H,24,25);2H,1H2;;. The van der Waals surface area contributed by atoms with Gasteiger partial charge in [-0.2, -0.15) is 27.0 Å². The Morgan fingerprint density at radius 1 is 0.736 bits per heavy atom. The molecule has 0 unspecified atom stereocenters. The summed E-state index contributed by atoms with van der Waals surface area (Å²) in [6.45, 7) is 8.80. The molecule has 0 atom stereocenters. The van der Waals surface area contributed by atoms with Crippen molar-refractivity contribution in [3.05, 3.63) is 131 Å². The zero-order valence-electron chi connectivity index (χ0n) is 39.5. The van der Waals surface area contributed by atoms with Crippen LogP contribution in [-0.4, -0.2) is 91.6 Å². The maximum Gasteiger partial charge on any atom is 0.335 e. The first kappa shape index (κ1) is 53.7. The van der Waals surface area contributed by atoms with E-state index in [4.69, 9.17) is 37.0 Å². The molecule has 72 heavy (non-hydrogen) atoms. The zero-order chi connectivity index (χ0) is 51.9. The second kappa shape index (κ2) is 25.4. The van der Waals surface area contributed by atoms with Crippen LogP contribution >= 0.6 is 0 Å². The Labute approximate surface area is 416 Å². The smallest absolute Gasteiger partial charge is 0.335 e. The lowest BCUT2D eigenvalue weighted by Crippen LogP contribution is -2.16. The molecule has 380 valence electrons. The molecule has 0 fully saturated rings.